The van der Waals surface area contributed by atoms with E-state index in [1.54, 1.807) is 36.5 Å². The van der Waals surface area contributed by atoms with Gasteiger partial charge in [0.15, 0.2) is 4.34 Å². The number of carbonyl (C=O) groups excluding carboxylic acids is 1. The summed E-state index contributed by atoms with van der Waals surface area (Å²) in [5.41, 5.74) is 7.44. The van der Waals surface area contributed by atoms with E-state index in [-0.39, 0.29) is 18.9 Å². The lowest BCUT2D eigenvalue weighted by molar-refractivity contribution is -0.195. The molecule has 224 valence electrons. The number of hydrogen-bond acceptors (Lipinski definition) is 13. The quantitative estimate of drug-likeness (QED) is 0.0813. The normalized spacial score (nSPS) is 12.8. The minimum absolute atomic E-state index is 0.0949. The predicted octanol–water partition coefficient (Wildman–Crippen LogP) is 2.64. The zero-order chi connectivity index (χ0) is 30.1. The molecule has 0 aliphatic carbocycles. The molecule has 14 nitrogen and oxygen atoms in total. The lowest BCUT2D eigenvalue weighted by Crippen LogP contribution is -2.46. The van der Waals surface area contributed by atoms with Gasteiger partial charge in [0.25, 0.3) is 0 Å². The summed E-state index contributed by atoms with van der Waals surface area (Å²) in [6.45, 7) is 4.56. The molecule has 0 aliphatic heterocycles. The summed E-state index contributed by atoms with van der Waals surface area (Å²) in [5, 5.41) is 20.7. The van der Waals surface area contributed by atoms with Crippen LogP contribution in [-0.2, 0) is 31.9 Å². The van der Waals surface area contributed by atoms with Gasteiger partial charge in [-0.3, -0.25) is 4.79 Å². The number of nitrogens with two attached hydrogens (primary N) is 2. The average Bonchev–Trinajstić information content (AvgIpc) is 3.60. The summed E-state index contributed by atoms with van der Waals surface area (Å²) in [5.74, 6) is 4.26. The second-order valence-electron chi connectivity index (χ2n) is 9.41. The van der Waals surface area contributed by atoms with E-state index in [1.165, 1.54) is 16.0 Å². The molecule has 0 unspecified atom stereocenters. The number of aromatic nitrogens is 4. The minimum atomic E-state index is -1.15. The Morgan fingerprint density at radius 2 is 1.90 bits per heavy atom. The van der Waals surface area contributed by atoms with Gasteiger partial charge in [-0.25, -0.2) is 14.5 Å². The Morgan fingerprint density at radius 3 is 2.60 bits per heavy atom. The Kier molecular flexibility index (Phi) is 11.0. The van der Waals surface area contributed by atoms with Crippen molar-refractivity contribution >= 4 is 45.5 Å². The number of hydrogen-bond donors (Lipinski definition) is 4. The highest BCUT2D eigenvalue weighted by Crippen LogP contribution is 2.32. The first-order valence-electron chi connectivity index (χ1n) is 12.9. The third-order valence-corrected chi connectivity index (χ3v) is 7.63. The number of ether oxygens (including phenoxy) is 2. The van der Waals surface area contributed by atoms with E-state index in [1.807, 2.05) is 26.0 Å². The number of nitrogens with zero attached hydrogens (tertiary/aromatic N) is 4. The maximum absolute atomic E-state index is 13.3. The fourth-order valence-corrected chi connectivity index (χ4v) is 5.50. The number of thiazole rings is 1. The fraction of sp³-hybridized carbons (Fsp3) is 0.346. The first-order chi connectivity index (χ1) is 20.3. The summed E-state index contributed by atoms with van der Waals surface area (Å²) >= 11 is 2.29. The summed E-state index contributed by atoms with van der Waals surface area (Å²) in [6, 6.07) is 10.5. The van der Waals surface area contributed by atoms with Crippen molar-refractivity contribution in [2.75, 3.05) is 13.2 Å². The highest BCUT2D eigenvalue weighted by atomic mass is 32.2. The van der Waals surface area contributed by atoms with Crippen LogP contribution in [0, 0.1) is 5.92 Å². The second kappa shape index (κ2) is 14.9. The smallest absolute Gasteiger partial charge is 0.326 e. The number of carbonyl (C=O) groups is 2. The molecule has 0 aliphatic rings. The number of aliphatic carboxylic acids is 1. The molecule has 0 fully saturated rings. The van der Waals surface area contributed by atoms with Crippen molar-refractivity contribution in [1.82, 2.24) is 25.3 Å². The third-order valence-electron chi connectivity index (χ3n) is 5.98. The van der Waals surface area contributed by atoms with E-state index >= 15 is 0 Å². The van der Waals surface area contributed by atoms with E-state index in [4.69, 9.17) is 21.1 Å². The van der Waals surface area contributed by atoms with Crippen molar-refractivity contribution in [2.24, 2.45) is 17.5 Å². The molecule has 2 heterocycles. The molecule has 4 rings (SSSR count). The van der Waals surface area contributed by atoms with Gasteiger partial charge in [0, 0.05) is 13.0 Å². The van der Waals surface area contributed by atoms with Gasteiger partial charge in [-0.15, -0.1) is 25.8 Å². The van der Waals surface area contributed by atoms with Crippen LogP contribution in [0.2, 0.25) is 0 Å². The predicted molar refractivity (Wildman–Crippen MR) is 154 cm³/mol. The highest BCUT2D eigenvalue weighted by molar-refractivity contribution is 7.96. The van der Waals surface area contributed by atoms with Crippen LogP contribution in [0.15, 0.2) is 53.0 Å². The van der Waals surface area contributed by atoms with Crippen LogP contribution in [0.1, 0.15) is 31.1 Å². The number of carboxylic acid groups (broad SMARTS) is 1. The summed E-state index contributed by atoms with van der Waals surface area (Å²) in [6.07, 6.45) is 1.71. The molecule has 1 amide bonds. The first kappa shape index (κ1) is 31.1. The Morgan fingerprint density at radius 1 is 1.14 bits per heavy atom. The lowest BCUT2D eigenvalue weighted by Gasteiger charge is -2.23. The van der Waals surface area contributed by atoms with Crippen LogP contribution in [0.5, 0.6) is 11.5 Å². The highest BCUT2D eigenvalue weighted by Gasteiger charge is 2.30. The topological polar surface area (TPSA) is 199 Å². The molecule has 0 bridgehead atoms. The third kappa shape index (κ3) is 8.37. The molecule has 0 radical (unpaired) electrons. The van der Waals surface area contributed by atoms with Gasteiger partial charge >= 0.3 is 5.97 Å². The first-order valence-corrected chi connectivity index (χ1v) is 14.4. The van der Waals surface area contributed by atoms with Crippen molar-refractivity contribution in [3.63, 3.8) is 0 Å². The standard InChI is InChI=1S/C26H31N7O7S2/c1-15(2)23(24(34)29-21(25(35)36)11-16-3-5-18(6-4-16)37-10-9-27)33-13-17(31-32-33)14-38-19-7-8-20-22(12-19)41-26(30-20)42-40-39-28/h3-8,12-13,15,21,23H,9-11,14,27-28H2,1-2H3,(H,29,34)(H,35,36)/t21-,23-/m0/s1. The Bertz CT molecular complexity index is 1480. The van der Waals surface area contributed by atoms with Gasteiger partial charge in [0.05, 0.1) is 16.4 Å². The minimum Gasteiger partial charge on any atom is -0.492 e. The maximum Gasteiger partial charge on any atom is 0.326 e. The van der Waals surface area contributed by atoms with Crippen molar-refractivity contribution in [3.8, 4) is 11.5 Å². The Labute approximate surface area is 249 Å². The molecule has 16 heteroatoms. The number of benzene rings is 2. The number of nitrogens with one attached hydrogen (secondary N) is 1. The van der Waals surface area contributed by atoms with Crippen LogP contribution in [-0.4, -0.2) is 56.2 Å². The molecule has 4 aromatic rings. The van der Waals surface area contributed by atoms with Gasteiger partial charge in [-0.2, -0.15) is 5.90 Å². The van der Waals surface area contributed by atoms with Crippen molar-refractivity contribution in [3.05, 3.63) is 59.9 Å². The van der Waals surface area contributed by atoms with E-state index < -0.39 is 24.0 Å². The summed E-state index contributed by atoms with van der Waals surface area (Å²) in [7, 11) is 0. The van der Waals surface area contributed by atoms with E-state index in [0.29, 0.717) is 34.7 Å². The molecule has 0 spiro atoms. The number of fused-ring (bicyclic) bond motifs is 1. The monoisotopic (exact) mass is 617 g/mol. The molecular formula is C26H31N7O7S2. The Balaban J connectivity index is 1.38. The zero-order valence-corrected chi connectivity index (χ0v) is 24.5. The number of rotatable bonds is 16. The molecule has 0 saturated heterocycles. The Hall–Kier alpha value is -3.80. The lowest BCUT2D eigenvalue weighted by atomic mass is 10.0. The SMILES string of the molecule is CC(C)[C@@H](C(=O)N[C@@H](Cc1ccc(OCCN)cc1)C(=O)O)n1cc(COc2ccc3nc(SOON)sc3c2)nn1. The number of carboxylic acids is 1. The van der Waals surface area contributed by atoms with E-state index in [0.717, 1.165) is 27.8 Å². The van der Waals surface area contributed by atoms with Crippen LogP contribution < -0.4 is 26.4 Å². The molecule has 2 aromatic heterocycles. The zero-order valence-electron chi connectivity index (χ0n) is 22.8. The summed E-state index contributed by atoms with van der Waals surface area (Å²) in [4.78, 5) is 33.8. The van der Waals surface area contributed by atoms with Crippen LogP contribution in [0.4, 0.5) is 0 Å². The van der Waals surface area contributed by atoms with E-state index in [2.05, 4.69) is 29.9 Å². The van der Waals surface area contributed by atoms with Crippen molar-refractivity contribution < 1.29 is 33.5 Å². The van der Waals surface area contributed by atoms with Crippen molar-refractivity contribution in [1.29, 1.82) is 0 Å². The number of amides is 1. The van der Waals surface area contributed by atoms with Gasteiger partial charge in [0.2, 0.25) is 5.91 Å². The van der Waals surface area contributed by atoms with Crippen LogP contribution in [0.25, 0.3) is 10.2 Å². The van der Waals surface area contributed by atoms with Crippen LogP contribution in [0.3, 0.4) is 0 Å². The van der Waals surface area contributed by atoms with Crippen molar-refractivity contribution in [2.45, 2.75) is 43.3 Å². The molecule has 2 atom stereocenters. The van der Waals surface area contributed by atoms with Crippen LogP contribution >= 0.6 is 23.4 Å². The average molecular weight is 618 g/mol. The molecular weight excluding hydrogens is 586 g/mol. The van der Waals surface area contributed by atoms with Gasteiger partial charge in [-0.1, -0.05) is 31.2 Å². The maximum atomic E-state index is 13.3. The van der Waals surface area contributed by atoms with Gasteiger partial charge in [0.1, 0.15) is 54.5 Å². The fourth-order valence-electron chi connectivity index (χ4n) is 4.05. The molecule has 6 N–H and O–H groups in total. The molecule has 2 aromatic carbocycles. The van der Waals surface area contributed by atoms with Gasteiger partial charge in [-0.05, 0) is 41.8 Å². The molecule has 42 heavy (non-hydrogen) atoms. The van der Waals surface area contributed by atoms with E-state index in [9.17, 15) is 14.7 Å². The summed E-state index contributed by atoms with van der Waals surface area (Å²) < 4.78 is 18.9. The largest absolute Gasteiger partial charge is 0.492 e. The van der Waals surface area contributed by atoms with Gasteiger partial charge < -0.3 is 25.6 Å². The molecule has 0 saturated carbocycles. The second-order valence-corrected chi connectivity index (χ2v) is 11.4.